The van der Waals surface area contributed by atoms with Crippen LogP contribution in [0.5, 0.6) is 5.75 Å². The summed E-state index contributed by atoms with van der Waals surface area (Å²) < 4.78 is 5.35. The minimum atomic E-state index is -0.840. The van der Waals surface area contributed by atoms with Gasteiger partial charge in [-0.2, -0.15) is 0 Å². The molecule has 1 N–H and O–H groups in total. The average molecular weight is 556 g/mol. The number of ether oxygens (including phenoxy) is 1. The van der Waals surface area contributed by atoms with Gasteiger partial charge in [0.1, 0.15) is 5.75 Å². The summed E-state index contributed by atoms with van der Waals surface area (Å²) in [6.45, 7) is 7.79. The monoisotopic (exact) mass is 555 g/mol. The van der Waals surface area contributed by atoms with E-state index < -0.39 is 29.9 Å². The predicted molar refractivity (Wildman–Crippen MR) is 156 cm³/mol. The first-order valence-electron chi connectivity index (χ1n) is 14.0. The molecule has 4 aliphatic heterocycles. The van der Waals surface area contributed by atoms with Crippen molar-refractivity contribution in [3.8, 4) is 5.75 Å². The maximum atomic E-state index is 12.0. The van der Waals surface area contributed by atoms with Crippen molar-refractivity contribution in [2.24, 2.45) is 22.7 Å². The van der Waals surface area contributed by atoms with E-state index in [-0.39, 0.29) is 6.04 Å². The maximum absolute atomic E-state index is 12.0. The number of aliphatic hydroxyl groups is 1. The summed E-state index contributed by atoms with van der Waals surface area (Å²) in [7, 11) is 1.66. The van der Waals surface area contributed by atoms with Crippen LogP contribution in [0.1, 0.15) is 37.9 Å². The van der Waals surface area contributed by atoms with Gasteiger partial charge in [-0.15, -0.1) is 6.58 Å². The maximum Gasteiger partial charge on any atom is 0.353 e. The highest BCUT2D eigenvalue weighted by Gasteiger charge is 2.42. The van der Waals surface area contributed by atoms with Gasteiger partial charge in [0.05, 0.1) is 30.3 Å². The van der Waals surface area contributed by atoms with Gasteiger partial charge in [-0.3, -0.25) is 14.7 Å². The van der Waals surface area contributed by atoms with Gasteiger partial charge < -0.3 is 14.9 Å². The largest absolute Gasteiger partial charge is 0.861 e. The molecule has 3 fully saturated rings. The molecule has 2 bridgehead atoms. The van der Waals surface area contributed by atoms with Crippen LogP contribution in [0.4, 0.5) is 10.5 Å². The fourth-order valence-electron chi connectivity index (χ4n) is 6.19. The summed E-state index contributed by atoms with van der Waals surface area (Å²) in [6, 6.07) is 15.6. The van der Waals surface area contributed by atoms with Crippen LogP contribution < -0.4 is 14.7 Å². The molecule has 5 heterocycles. The number of carbonyl (C=O) groups is 2. The number of aliphatic hydroxyl groups excluding tert-OH is 1. The summed E-state index contributed by atoms with van der Waals surface area (Å²) in [5, 5.41) is 23.5. The van der Waals surface area contributed by atoms with Gasteiger partial charge in [0.15, 0.2) is 0 Å². The number of rotatable bonds is 6. The number of urea groups is 1. The van der Waals surface area contributed by atoms with E-state index in [0.717, 1.165) is 46.6 Å². The van der Waals surface area contributed by atoms with Crippen molar-refractivity contribution < 1.29 is 24.5 Å². The average Bonchev–Trinajstić information content (AvgIpc) is 3.01. The second-order valence-corrected chi connectivity index (χ2v) is 10.7. The molecule has 3 amide bonds. The molecule has 7 rings (SSSR count). The summed E-state index contributed by atoms with van der Waals surface area (Å²) in [4.78, 5) is 34.8. The Balaban J connectivity index is 0.000000175. The standard InChI is InChI=1S/C20H24N2O2.C12H12N2O3/c1-3-13-12-22-9-7-14(13)10-19(22)20(23)16-6-8-21-18-5-4-15(24-2)11-17(16)18;1-2-9-10(15)13-12(17)14(11(9)16)8-6-4-3-5-7-8/h3-6,8,11,13-14,19-20,23H,1,7,9-10,12H2,2H3;3-7,9H,2H2,1H3,(H,13,15,17)/p-1/t13-,14-,19+,20-;/m0./s1. The third-order valence-electron chi connectivity index (χ3n) is 8.46. The van der Waals surface area contributed by atoms with Gasteiger partial charge in [-0.05, 0) is 85.5 Å². The summed E-state index contributed by atoms with van der Waals surface area (Å²) in [5.41, 5.74) is 2.29. The van der Waals surface area contributed by atoms with Crippen LogP contribution in [-0.4, -0.2) is 59.1 Å². The molecule has 214 valence electrons. The Morgan fingerprint density at radius 2 is 1.98 bits per heavy atom. The van der Waals surface area contributed by atoms with Crippen molar-refractivity contribution in [1.29, 1.82) is 0 Å². The van der Waals surface area contributed by atoms with Crippen LogP contribution in [0.25, 0.3) is 10.9 Å². The number of nitrogens with zero attached hydrogens (tertiary/aromatic N) is 4. The Labute approximate surface area is 239 Å². The molecular weight excluding hydrogens is 520 g/mol. The van der Waals surface area contributed by atoms with E-state index >= 15 is 0 Å². The molecule has 2 unspecified atom stereocenters. The number of pyridine rings is 1. The van der Waals surface area contributed by atoms with E-state index in [1.54, 1.807) is 50.6 Å². The first kappa shape index (κ1) is 28.4. The Morgan fingerprint density at radius 1 is 1.20 bits per heavy atom. The van der Waals surface area contributed by atoms with Crippen molar-refractivity contribution in [2.75, 3.05) is 25.1 Å². The molecule has 4 aliphatic rings. The number of anilines is 1. The van der Waals surface area contributed by atoms with Gasteiger partial charge in [-0.1, -0.05) is 31.2 Å². The molecule has 41 heavy (non-hydrogen) atoms. The molecule has 2 aromatic carbocycles. The fourth-order valence-corrected chi connectivity index (χ4v) is 6.19. The van der Waals surface area contributed by atoms with Gasteiger partial charge in [0, 0.05) is 24.2 Å². The van der Waals surface area contributed by atoms with E-state index in [1.165, 1.54) is 6.42 Å². The van der Waals surface area contributed by atoms with Gasteiger partial charge in [-0.25, -0.2) is 14.7 Å². The first-order chi connectivity index (χ1) is 19.9. The molecule has 3 saturated heterocycles. The molecule has 1 aromatic heterocycles. The highest BCUT2D eigenvalue weighted by Crippen LogP contribution is 2.42. The quantitative estimate of drug-likeness (QED) is 0.455. The third-order valence-corrected chi connectivity index (χ3v) is 8.46. The van der Waals surface area contributed by atoms with E-state index in [1.807, 2.05) is 24.3 Å². The van der Waals surface area contributed by atoms with E-state index in [2.05, 4.69) is 27.5 Å². The van der Waals surface area contributed by atoms with Crippen LogP contribution in [0.2, 0.25) is 0 Å². The highest BCUT2D eigenvalue weighted by molar-refractivity contribution is 6.25. The smallest absolute Gasteiger partial charge is 0.353 e. The number of fused-ring (bicyclic) bond motifs is 4. The Hall–Kier alpha value is -4.08. The molecular formula is C32H35N4O5-. The topological polar surface area (TPSA) is 118 Å². The van der Waals surface area contributed by atoms with Crippen molar-refractivity contribution in [2.45, 2.75) is 38.3 Å². The van der Waals surface area contributed by atoms with E-state index in [4.69, 9.17) is 4.74 Å². The molecule has 9 heteroatoms. The normalized spacial score (nSPS) is 26.2. The van der Waals surface area contributed by atoms with Crippen molar-refractivity contribution >= 4 is 34.4 Å². The number of imide groups is 1. The van der Waals surface area contributed by atoms with Crippen LogP contribution in [0, 0.1) is 17.8 Å². The predicted octanol–water partition coefficient (Wildman–Crippen LogP) is 4.11. The van der Waals surface area contributed by atoms with E-state index in [9.17, 15) is 19.8 Å². The molecule has 9 nitrogen and oxygen atoms in total. The molecule has 0 spiro atoms. The number of carbonyl (C=O) groups excluding carboxylic acids is 2. The summed E-state index contributed by atoms with van der Waals surface area (Å²) in [5.74, 6) is 0.0266. The number of benzene rings is 2. The third kappa shape index (κ3) is 5.60. The lowest BCUT2D eigenvalue weighted by Crippen LogP contribution is -2.54. The number of piperidine rings is 3. The highest BCUT2D eigenvalue weighted by atomic mass is 16.5. The van der Waals surface area contributed by atoms with E-state index in [0.29, 0.717) is 23.9 Å². The Bertz CT molecular complexity index is 1460. The van der Waals surface area contributed by atoms with Crippen molar-refractivity contribution in [1.82, 2.24) is 9.88 Å². The second-order valence-electron chi connectivity index (χ2n) is 10.7. The lowest BCUT2D eigenvalue weighted by Gasteiger charge is -2.50. The molecule has 3 aromatic rings. The minimum Gasteiger partial charge on any atom is -0.861 e. The van der Waals surface area contributed by atoms with Crippen molar-refractivity contribution in [3.63, 3.8) is 0 Å². The Morgan fingerprint density at radius 3 is 2.63 bits per heavy atom. The zero-order valence-corrected chi connectivity index (χ0v) is 23.3. The first-order valence-corrected chi connectivity index (χ1v) is 14.0. The summed E-state index contributed by atoms with van der Waals surface area (Å²) >= 11 is 0. The zero-order valence-electron chi connectivity index (χ0n) is 23.3. The van der Waals surface area contributed by atoms with Crippen LogP contribution in [0.3, 0.4) is 0 Å². The number of hydrogen-bond acceptors (Lipinski definition) is 7. The lowest BCUT2D eigenvalue weighted by atomic mass is 9.73. The number of aromatic nitrogens is 1. The second kappa shape index (κ2) is 12.2. The zero-order chi connectivity index (χ0) is 29.1. The van der Waals surface area contributed by atoms with Crippen LogP contribution in [0.15, 0.2) is 78.4 Å². The number of amides is 3. The molecule has 0 radical (unpaired) electrons. The fraction of sp³-hybridized carbons (Fsp3) is 0.375. The molecule has 6 atom stereocenters. The van der Waals surface area contributed by atoms with Crippen LogP contribution in [-0.2, 0) is 4.79 Å². The number of para-hydroxylation sites is 1. The SMILES string of the molecule is C=C[C@H]1CN2CC[C@H]1C[C@@H]2[C@@H](O)c1ccnc2ccc(OC)cc12.CCC1C(=O)N(c2ccccc2)C(=O)N=C1[O-]. The minimum absolute atomic E-state index is 0.178. The lowest BCUT2D eigenvalue weighted by molar-refractivity contribution is -0.223. The molecule has 0 aliphatic carbocycles. The van der Waals surface area contributed by atoms with Gasteiger partial charge >= 0.3 is 6.03 Å². The molecule has 0 saturated carbocycles. The van der Waals surface area contributed by atoms with Crippen LogP contribution >= 0.6 is 0 Å². The van der Waals surface area contributed by atoms with Crippen molar-refractivity contribution in [3.05, 3.63) is 79.0 Å². The number of hydrogen-bond donors (Lipinski definition) is 1. The number of methoxy groups -OCH3 is 1. The van der Waals surface area contributed by atoms with Gasteiger partial charge in [0.25, 0.3) is 0 Å². The van der Waals surface area contributed by atoms with Gasteiger partial charge in [0.2, 0.25) is 5.91 Å². The number of aliphatic imine (C=N–C) groups is 1. The Kier molecular flexibility index (Phi) is 8.46. The summed E-state index contributed by atoms with van der Waals surface area (Å²) in [6.07, 6.45) is 5.97.